The molecule has 0 saturated heterocycles. The van der Waals surface area contributed by atoms with Crippen LogP contribution in [0.1, 0.15) is 5.69 Å². The van der Waals surface area contributed by atoms with Crippen LogP contribution in [0.4, 0.5) is 13.2 Å². The average Bonchev–Trinajstić information content (AvgIpc) is 2.44. The normalized spacial score (nSPS) is 12.3. The van der Waals surface area contributed by atoms with Crippen molar-refractivity contribution in [2.24, 2.45) is 7.05 Å². The second-order valence-electron chi connectivity index (χ2n) is 2.99. The van der Waals surface area contributed by atoms with Gasteiger partial charge < -0.3 is 4.57 Å². The van der Waals surface area contributed by atoms with E-state index in [2.05, 4.69) is 4.98 Å². The highest BCUT2D eigenvalue weighted by molar-refractivity contribution is 5.76. The third-order valence-corrected chi connectivity index (χ3v) is 2.10. The van der Waals surface area contributed by atoms with Gasteiger partial charge >= 0.3 is 6.18 Å². The van der Waals surface area contributed by atoms with Crippen molar-refractivity contribution in [3.05, 3.63) is 30.1 Å². The minimum atomic E-state index is -4.32. The van der Waals surface area contributed by atoms with Crippen LogP contribution in [0.25, 0.3) is 11.0 Å². The Morgan fingerprint density at radius 2 is 2.07 bits per heavy atom. The predicted molar refractivity (Wildman–Crippen MR) is 45.7 cm³/mol. The molecule has 0 aliphatic rings. The second kappa shape index (κ2) is 2.73. The number of hydrogen-bond acceptors (Lipinski definition) is 1. The first-order valence-electron chi connectivity index (χ1n) is 3.98. The molecule has 74 valence electrons. The number of aromatic nitrogens is 2. The minimum absolute atomic E-state index is 0.363. The molecule has 2 aromatic heterocycles. The summed E-state index contributed by atoms with van der Waals surface area (Å²) in [6.45, 7) is 0. The van der Waals surface area contributed by atoms with Gasteiger partial charge in [-0.1, -0.05) is 0 Å². The van der Waals surface area contributed by atoms with Crippen molar-refractivity contribution in [2.75, 3.05) is 0 Å². The molecule has 2 aromatic rings. The zero-order chi connectivity index (χ0) is 10.3. The summed E-state index contributed by atoms with van der Waals surface area (Å²) in [6, 6.07) is 4.27. The molecule has 2 heterocycles. The summed E-state index contributed by atoms with van der Waals surface area (Å²) in [6.07, 6.45) is -2.85. The van der Waals surface area contributed by atoms with Gasteiger partial charge in [0.15, 0.2) is 0 Å². The summed E-state index contributed by atoms with van der Waals surface area (Å²) in [5, 5.41) is 0. The predicted octanol–water partition coefficient (Wildman–Crippen LogP) is 2.59. The molecule has 0 aliphatic carbocycles. The van der Waals surface area contributed by atoms with Crippen molar-refractivity contribution in [1.82, 2.24) is 9.55 Å². The first-order valence-corrected chi connectivity index (χ1v) is 3.98. The van der Waals surface area contributed by atoms with Gasteiger partial charge in [0.25, 0.3) is 0 Å². The Hall–Kier alpha value is -1.52. The Kier molecular flexibility index (Phi) is 1.77. The van der Waals surface area contributed by atoms with Crippen LogP contribution in [0, 0.1) is 0 Å². The molecular weight excluding hydrogens is 193 g/mol. The van der Waals surface area contributed by atoms with E-state index in [-0.39, 0.29) is 0 Å². The molecule has 0 aliphatic heterocycles. The summed E-state index contributed by atoms with van der Waals surface area (Å²) in [5.41, 5.74) is 0.174. The van der Waals surface area contributed by atoms with Gasteiger partial charge in [0.05, 0.1) is 11.0 Å². The van der Waals surface area contributed by atoms with Gasteiger partial charge in [-0.05, 0) is 18.2 Å². The zero-order valence-electron chi connectivity index (χ0n) is 7.34. The SMILES string of the molecule is Cn1c(C(F)(F)F)cc2ncccc21. The molecule has 2 rings (SSSR count). The lowest BCUT2D eigenvalue weighted by Crippen LogP contribution is -2.10. The Bertz CT molecular complexity index is 470. The van der Waals surface area contributed by atoms with Crippen LogP contribution in [-0.4, -0.2) is 9.55 Å². The van der Waals surface area contributed by atoms with Gasteiger partial charge in [0.2, 0.25) is 0 Å². The Balaban J connectivity index is 2.75. The van der Waals surface area contributed by atoms with Crippen molar-refractivity contribution >= 4 is 11.0 Å². The Morgan fingerprint density at radius 1 is 1.36 bits per heavy atom. The molecule has 2 nitrogen and oxygen atoms in total. The third-order valence-electron chi connectivity index (χ3n) is 2.10. The van der Waals surface area contributed by atoms with Crippen molar-refractivity contribution in [1.29, 1.82) is 0 Å². The minimum Gasteiger partial charge on any atom is -0.339 e. The van der Waals surface area contributed by atoms with Crippen LogP contribution in [0.15, 0.2) is 24.4 Å². The molecule has 0 N–H and O–H groups in total. The van der Waals surface area contributed by atoms with Gasteiger partial charge in [0, 0.05) is 13.2 Å². The Morgan fingerprint density at radius 3 is 2.64 bits per heavy atom. The van der Waals surface area contributed by atoms with Crippen molar-refractivity contribution in [2.45, 2.75) is 6.18 Å². The highest BCUT2D eigenvalue weighted by Gasteiger charge is 2.34. The zero-order valence-corrected chi connectivity index (χ0v) is 7.34. The number of halogens is 3. The van der Waals surface area contributed by atoms with Crippen LogP contribution in [0.5, 0.6) is 0 Å². The number of aryl methyl sites for hydroxylation is 1. The number of fused-ring (bicyclic) bond motifs is 1. The number of hydrogen-bond donors (Lipinski definition) is 0. The van der Waals surface area contributed by atoms with E-state index in [9.17, 15) is 13.2 Å². The van der Waals surface area contributed by atoms with Crippen LogP contribution < -0.4 is 0 Å². The molecule has 14 heavy (non-hydrogen) atoms. The number of nitrogens with zero attached hydrogens (tertiary/aromatic N) is 2. The van der Waals surface area contributed by atoms with Gasteiger partial charge in [-0.3, -0.25) is 4.98 Å². The molecule has 0 aromatic carbocycles. The maximum absolute atomic E-state index is 12.4. The van der Waals surface area contributed by atoms with Crippen LogP contribution in [0.2, 0.25) is 0 Å². The maximum atomic E-state index is 12.4. The molecule has 0 radical (unpaired) electrons. The quantitative estimate of drug-likeness (QED) is 0.639. The molecule has 5 heteroatoms. The molecule has 0 fully saturated rings. The van der Waals surface area contributed by atoms with E-state index in [0.29, 0.717) is 11.0 Å². The topological polar surface area (TPSA) is 17.8 Å². The molecule has 0 bridgehead atoms. The molecule has 0 unspecified atom stereocenters. The highest BCUT2D eigenvalue weighted by atomic mass is 19.4. The highest BCUT2D eigenvalue weighted by Crippen LogP contribution is 2.32. The lowest BCUT2D eigenvalue weighted by atomic mass is 10.4. The Labute approximate surface area is 78.0 Å². The molecule has 0 spiro atoms. The summed E-state index contributed by atoms with van der Waals surface area (Å²) in [5.74, 6) is 0. The summed E-state index contributed by atoms with van der Waals surface area (Å²) in [7, 11) is 1.38. The molecule has 0 saturated carbocycles. The molecular formula is C9H7F3N2. The van der Waals surface area contributed by atoms with E-state index in [1.54, 1.807) is 12.1 Å². The fraction of sp³-hybridized carbons (Fsp3) is 0.222. The largest absolute Gasteiger partial charge is 0.431 e. The van der Waals surface area contributed by atoms with Crippen LogP contribution >= 0.6 is 0 Å². The smallest absolute Gasteiger partial charge is 0.339 e. The fourth-order valence-electron chi connectivity index (χ4n) is 1.43. The first kappa shape index (κ1) is 9.05. The van der Waals surface area contributed by atoms with Crippen LogP contribution in [0.3, 0.4) is 0 Å². The monoisotopic (exact) mass is 200 g/mol. The van der Waals surface area contributed by atoms with Crippen molar-refractivity contribution in [3.8, 4) is 0 Å². The maximum Gasteiger partial charge on any atom is 0.431 e. The van der Waals surface area contributed by atoms with E-state index in [1.165, 1.54) is 13.2 Å². The van der Waals surface area contributed by atoms with Crippen LogP contribution in [-0.2, 0) is 13.2 Å². The second-order valence-corrected chi connectivity index (χ2v) is 2.99. The fourth-order valence-corrected chi connectivity index (χ4v) is 1.43. The third kappa shape index (κ3) is 1.25. The van der Waals surface area contributed by atoms with E-state index < -0.39 is 11.9 Å². The van der Waals surface area contributed by atoms with Gasteiger partial charge in [-0.15, -0.1) is 0 Å². The van der Waals surface area contributed by atoms with E-state index >= 15 is 0 Å². The molecule has 0 atom stereocenters. The van der Waals surface area contributed by atoms with E-state index in [1.807, 2.05) is 0 Å². The summed E-state index contributed by atoms with van der Waals surface area (Å²) >= 11 is 0. The number of pyridine rings is 1. The number of rotatable bonds is 0. The van der Waals surface area contributed by atoms with Gasteiger partial charge in [0.1, 0.15) is 5.69 Å². The lowest BCUT2D eigenvalue weighted by Gasteiger charge is -2.06. The van der Waals surface area contributed by atoms with E-state index in [0.717, 1.165) is 10.6 Å². The van der Waals surface area contributed by atoms with Crippen molar-refractivity contribution in [3.63, 3.8) is 0 Å². The average molecular weight is 200 g/mol. The summed E-state index contributed by atoms with van der Waals surface area (Å²) in [4.78, 5) is 3.86. The van der Waals surface area contributed by atoms with E-state index in [4.69, 9.17) is 0 Å². The van der Waals surface area contributed by atoms with Gasteiger partial charge in [-0.2, -0.15) is 13.2 Å². The molecule has 0 amide bonds. The summed E-state index contributed by atoms with van der Waals surface area (Å²) < 4.78 is 38.4. The van der Waals surface area contributed by atoms with Crippen molar-refractivity contribution < 1.29 is 13.2 Å². The van der Waals surface area contributed by atoms with Gasteiger partial charge in [-0.25, -0.2) is 0 Å². The first-order chi connectivity index (χ1) is 6.50. The lowest BCUT2D eigenvalue weighted by molar-refractivity contribution is -0.142. The number of alkyl halides is 3. The standard InChI is InChI=1S/C9H7F3N2/c1-14-7-3-2-4-13-6(7)5-8(14)9(10,11)12/h2-5H,1H3.